The lowest BCUT2D eigenvalue weighted by Gasteiger charge is -2.05. The molecular weight excluding hydrogens is 376 g/mol. The van der Waals surface area contributed by atoms with Gasteiger partial charge in [-0.2, -0.15) is 0 Å². The second-order valence-electron chi connectivity index (χ2n) is 5.76. The third-order valence-corrected chi connectivity index (χ3v) is 5.76. The molecule has 4 rings (SSSR count). The summed E-state index contributed by atoms with van der Waals surface area (Å²) in [5, 5.41) is 17.3. The summed E-state index contributed by atoms with van der Waals surface area (Å²) in [4.78, 5) is 12.2. The number of amides is 1. The molecule has 1 heterocycles. The van der Waals surface area contributed by atoms with E-state index in [1.54, 1.807) is 0 Å². The highest BCUT2D eigenvalue weighted by atomic mass is 32.2. The molecule has 27 heavy (non-hydrogen) atoms. The maximum absolute atomic E-state index is 12.2. The van der Waals surface area contributed by atoms with Crippen LogP contribution in [-0.4, -0.2) is 21.9 Å². The van der Waals surface area contributed by atoms with Crippen LogP contribution in [0.5, 0.6) is 0 Å². The number of benzene rings is 3. The zero-order valence-corrected chi connectivity index (χ0v) is 15.9. The van der Waals surface area contributed by atoms with Crippen LogP contribution in [0, 0.1) is 0 Å². The van der Waals surface area contributed by atoms with Gasteiger partial charge in [-0.3, -0.25) is 4.79 Å². The van der Waals surface area contributed by atoms with Gasteiger partial charge >= 0.3 is 0 Å². The molecule has 0 saturated carbocycles. The summed E-state index contributed by atoms with van der Waals surface area (Å²) >= 11 is 2.80. The molecule has 0 aliphatic carbocycles. The SMILES string of the molecule is O=C(CSc1nnc(Nc2ccccc2)s1)Nc1ccc2ccccc2c1. The van der Waals surface area contributed by atoms with Crippen LogP contribution in [0.2, 0.25) is 0 Å². The normalized spacial score (nSPS) is 10.7. The molecule has 4 aromatic rings. The minimum absolute atomic E-state index is 0.0666. The maximum Gasteiger partial charge on any atom is 0.234 e. The number of thioether (sulfide) groups is 1. The fraction of sp³-hybridized carbons (Fsp3) is 0.0500. The first-order valence-corrected chi connectivity index (χ1v) is 10.1. The van der Waals surface area contributed by atoms with E-state index in [-0.39, 0.29) is 11.7 Å². The average Bonchev–Trinajstić information content (AvgIpc) is 3.14. The Morgan fingerprint density at radius 2 is 1.67 bits per heavy atom. The van der Waals surface area contributed by atoms with E-state index in [2.05, 4.69) is 20.8 Å². The molecule has 2 N–H and O–H groups in total. The third-order valence-electron chi connectivity index (χ3n) is 3.79. The summed E-state index contributed by atoms with van der Waals surface area (Å²) in [6.45, 7) is 0. The molecule has 0 atom stereocenters. The fourth-order valence-electron chi connectivity index (χ4n) is 2.56. The summed E-state index contributed by atoms with van der Waals surface area (Å²) < 4.78 is 0.752. The van der Waals surface area contributed by atoms with Crippen molar-refractivity contribution in [3.05, 3.63) is 72.8 Å². The molecule has 134 valence electrons. The quantitative estimate of drug-likeness (QED) is 0.443. The molecule has 1 aromatic heterocycles. The molecule has 0 saturated heterocycles. The summed E-state index contributed by atoms with van der Waals surface area (Å²) in [5.74, 6) is 0.218. The van der Waals surface area contributed by atoms with Crippen LogP contribution in [0.3, 0.4) is 0 Å². The molecule has 0 radical (unpaired) electrons. The predicted octanol–water partition coefficient (Wildman–Crippen LogP) is 5.17. The number of nitrogens with zero attached hydrogens (tertiary/aromatic N) is 2. The number of fused-ring (bicyclic) bond motifs is 1. The first-order valence-electron chi connectivity index (χ1n) is 8.33. The Labute approximate surface area is 164 Å². The van der Waals surface area contributed by atoms with Crippen LogP contribution < -0.4 is 10.6 Å². The minimum atomic E-state index is -0.0666. The molecule has 0 unspecified atom stereocenters. The Morgan fingerprint density at radius 1 is 0.889 bits per heavy atom. The molecule has 1 amide bonds. The number of hydrogen-bond acceptors (Lipinski definition) is 6. The van der Waals surface area contributed by atoms with E-state index in [9.17, 15) is 4.79 Å². The van der Waals surface area contributed by atoms with Gasteiger partial charge in [-0.05, 0) is 35.0 Å². The van der Waals surface area contributed by atoms with E-state index in [0.717, 1.165) is 26.5 Å². The van der Waals surface area contributed by atoms with E-state index in [1.807, 2.05) is 72.8 Å². The maximum atomic E-state index is 12.2. The van der Waals surface area contributed by atoms with E-state index < -0.39 is 0 Å². The van der Waals surface area contributed by atoms with Crippen LogP contribution in [0.1, 0.15) is 0 Å². The van der Waals surface area contributed by atoms with Crippen molar-refractivity contribution >= 4 is 56.3 Å². The van der Waals surface area contributed by atoms with Crippen LogP contribution in [0.15, 0.2) is 77.1 Å². The molecule has 0 fully saturated rings. The summed E-state index contributed by atoms with van der Waals surface area (Å²) in [6.07, 6.45) is 0. The Hall–Kier alpha value is -2.90. The number of aromatic nitrogens is 2. The van der Waals surface area contributed by atoms with Crippen molar-refractivity contribution in [1.29, 1.82) is 0 Å². The second-order valence-corrected chi connectivity index (χ2v) is 7.96. The average molecular weight is 393 g/mol. The molecule has 5 nitrogen and oxygen atoms in total. The Balaban J connectivity index is 1.32. The predicted molar refractivity (Wildman–Crippen MR) is 113 cm³/mol. The Kier molecular flexibility index (Phi) is 5.32. The van der Waals surface area contributed by atoms with E-state index in [0.29, 0.717) is 5.13 Å². The van der Waals surface area contributed by atoms with Gasteiger partial charge in [-0.25, -0.2) is 0 Å². The molecule has 0 bridgehead atoms. The topological polar surface area (TPSA) is 66.9 Å². The van der Waals surface area contributed by atoms with Crippen LogP contribution in [-0.2, 0) is 4.79 Å². The Bertz CT molecular complexity index is 1070. The molecule has 3 aromatic carbocycles. The van der Waals surface area contributed by atoms with Gasteiger partial charge < -0.3 is 10.6 Å². The van der Waals surface area contributed by atoms with E-state index >= 15 is 0 Å². The fourth-order valence-corrected chi connectivity index (χ4v) is 4.13. The molecular formula is C20H16N4OS2. The molecule has 0 spiro atoms. The standard InChI is InChI=1S/C20H16N4OS2/c25-18(21-17-11-10-14-6-4-5-7-15(14)12-17)13-26-20-24-23-19(27-20)22-16-8-2-1-3-9-16/h1-12H,13H2,(H,21,25)(H,22,23). The van der Waals surface area contributed by atoms with Gasteiger partial charge in [0.15, 0.2) is 4.34 Å². The lowest BCUT2D eigenvalue weighted by atomic mass is 10.1. The van der Waals surface area contributed by atoms with Crippen LogP contribution in [0.25, 0.3) is 10.8 Å². The number of rotatable bonds is 6. The van der Waals surface area contributed by atoms with Crippen molar-refractivity contribution in [1.82, 2.24) is 10.2 Å². The van der Waals surface area contributed by atoms with Crippen molar-refractivity contribution in [2.24, 2.45) is 0 Å². The summed E-state index contributed by atoms with van der Waals surface area (Å²) in [5.41, 5.74) is 1.75. The Morgan fingerprint density at radius 3 is 2.52 bits per heavy atom. The highest BCUT2D eigenvalue weighted by Gasteiger charge is 2.09. The third kappa shape index (κ3) is 4.64. The second kappa shape index (κ2) is 8.20. The van der Waals surface area contributed by atoms with Gasteiger partial charge in [0.2, 0.25) is 11.0 Å². The number of nitrogens with one attached hydrogen (secondary N) is 2. The van der Waals surface area contributed by atoms with E-state index in [1.165, 1.54) is 23.1 Å². The van der Waals surface area contributed by atoms with Crippen molar-refractivity contribution in [2.75, 3.05) is 16.4 Å². The minimum Gasteiger partial charge on any atom is -0.330 e. The van der Waals surface area contributed by atoms with Gasteiger partial charge in [0, 0.05) is 11.4 Å². The zero-order chi connectivity index (χ0) is 18.5. The van der Waals surface area contributed by atoms with E-state index in [4.69, 9.17) is 0 Å². The number of para-hydroxylation sites is 1. The van der Waals surface area contributed by atoms with Crippen LogP contribution in [0.4, 0.5) is 16.5 Å². The number of hydrogen-bond donors (Lipinski definition) is 2. The van der Waals surface area contributed by atoms with Crippen molar-refractivity contribution in [2.45, 2.75) is 4.34 Å². The molecule has 7 heteroatoms. The molecule has 0 aliphatic heterocycles. The van der Waals surface area contributed by atoms with Gasteiger partial charge in [0.1, 0.15) is 0 Å². The lowest BCUT2D eigenvalue weighted by Crippen LogP contribution is -2.13. The van der Waals surface area contributed by atoms with Gasteiger partial charge in [-0.15, -0.1) is 10.2 Å². The molecule has 0 aliphatic rings. The van der Waals surface area contributed by atoms with Crippen molar-refractivity contribution in [3.63, 3.8) is 0 Å². The highest BCUT2D eigenvalue weighted by Crippen LogP contribution is 2.27. The highest BCUT2D eigenvalue weighted by molar-refractivity contribution is 8.01. The smallest absolute Gasteiger partial charge is 0.234 e. The monoisotopic (exact) mass is 392 g/mol. The first-order chi connectivity index (χ1) is 13.3. The zero-order valence-electron chi connectivity index (χ0n) is 14.3. The van der Waals surface area contributed by atoms with Crippen molar-refractivity contribution < 1.29 is 4.79 Å². The van der Waals surface area contributed by atoms with Crippen LogP contribution >= 0.6 is 23.1 Å². The number of carbonyl (C=O) groups excluding carboxylic acids is 1. The lowest BCUT2D eigenvalue weighted by molar-refractivity contribution is -0.113. The van der Waals surface area contributed by atoms with Gasteiger partial charge in [0.05, 0.1) is 5.75 Å². The number of carbonyl (C=O) groups is 1. The van der Waals surface area contributed by atoms with Crippen molar-refractivity contribution in [3.8, 4) is 0 Å². The summed E-state index contributed by atoms with van der Waals surface area (Å²) in [6, 6.07) is 23.8. The first kappa shape index (κ1) is 17.5. The largest absolute Gasteiger partial charge is 0.330 e. The summed E-state index contributed by atoms with van der Waals surface area (Å²) in [7, 11) is 0. The number of anilines is 3. The van der Waals surface area contributed by atoms with Gasteiger partial charge in [0.25, 0.3) is 0 Å². The van der Waals surface area contributed by atoms with Gasteiger partial charge in [-0.1, -0.05) is 71.6 Å².